The highest BCUT2D eigenvalue weighted by molar-refractivity contribution is 7.80. The Labute approximate surface area is 156 Å². The first-order chi connectivity index (χ1) is 12.7. The lowest BCUT2D eigenvalue weighted by Crippen LogP contribution is -2.42. The number of hydrazone groups is 1. The Kier molecular flexibility index (Phi) is 4.62. The number of benzene rings is 2. The summed E-state index contributed by atoms with van der Waals surface area (Å²) in [4.78, 5) is 0.455. The van der Waals surface area contributed by atoms with Crippen molar-refractivity contribution in [3.63, 3.8) is 0 Å². The van der Waals surface area contributed by atoms with Gasteiger partial charge in [0.25, 0.3) is 0 Å². The lowest BCUT2D eigenvalue weighted by Gasteiger charge is -2.27. The second-order valence-corrected chi connectivity index (χ2v) is 6.40. The topological polar surface area (TPSA) is 61.3 Å². The van der Waals surface area contributed by atoms with Crippen LogP contribution in [0.15, 0.2) is 53.6 Å². The van der Waals surface area contributed by atoms with Crippen LogP contribution in [0, 0.1) is 0 Å². The highest BCUT2D eigenvalue weighted by Crippen LogP contribution is 2.32. The van der Waals surface area contributed by atoms with Crippen LogP contribution in [0.5, 0.6) is 23.0 Å². The second kappa shape index (κ2) is 7.21. The molecule has 2 aromatic rings. The zero-order chi connectivity index (χ0) is 17.9. The Morgan fingerprint density at radius 3 is 2.00 bits per heavy atom. The zero-order valence-corrected chi connectivity index (χ0v) is 15.0. The first-order valence-corrected chi connectivity index (χ1v) is 8.72. The Balaban J connectivity index is 1.37. The number of para-hydroxylation sites is 4. The Morgan fingerprint density at radius 2 is 1.38 bits per heavy atom. The van der Waals surface area contributed by atoms with Crippen molar-refractivity contribution in [2.45, 2.75) is 19.1 Å². The summed E-state index contributed by atoms with van der Waals surface area (Å²) in [6.07, 6.45) is -0.662. The van der Waals surface area contributed by atoms with Gasteiger partial charge in [-0.15, -0.1) is 0 Å². The smallest absolute Gasteiger partial charge is 0.184 e. The molecule has 0 amide bonds. The molecule has 0 aliphatic carbocycles. The maximum absolute atomic E-state index is 5.92. The van der Waals surface area contributed by atoms with Gasteiger partial charge in [0.1, 0.15) is 18.2 Å². The number of fused-ring (bicyclic) bond motifs is 2. The van der Waals surface area contributed by atoms with E-state index in [9.17, 15) is 0 Å². The molecule has 0 unspecified atom stereocenters. The van der Waals surface area contributed by atoms with E-state index in [4.69, 9.17) is 31.2 Å². The van der Waals surface area contributed by atoms with E-state index in [1.54, 1.807) is 0 Å². The molecule has 4 rings (SSSR count). The first kappa shape index (κ1) is 16.7. The molecule has 26 heavy (non-hydrogen) atoms. The molecule has 2 aromatic carbocycles. The van der Waals surface area contributed by atoms with E-state index in [0.717, 1.165) is 17.2 Å². The van der Waals surface area contributed by atoms with Crippen molar-refractivity contribution in [1.29, 1.82) is 0 Å². The molecule has 6 nitrogen and oxygen atoms in total. The van der Waals surface area contributed by atoms with Crippen molar-refractivity contribution in [2.24, 2.45) is 5.10 Å². The highest BCUT2D eigenvalue weighted by Gasteiger charge is 2.26. The lowest BCUT2D eigenvalue weighted by molar-refractivity contribution is 0.132. The summed E-state index contributed by atoms with van der Waals surface area (Å²) in [7, 11) is 0. The molecule has 0 bridgehead atoms. The Bertz CT molecular complexity index is 855. The number of thiocarbonyl (C=S) groups is 1. The maximum atomic E-state index is 5.92. The molecule has 134 valence electrons. The summed E-state index contributed by atoms with van der Waals surface area (Å²) in [5, 5.41) is 4.34. The molecule has 2 atom stereocenters. The fourth-order valence-electron chi connectivity index (χ4n) is 2.66. The van der Waals surface area contributed by atoms with Gasteiger partial charge in [0.15, 0.2) is 35.2 Å². The minimum absolute atomic E-state index is 0.274. The molecule has 0 aromatic heterocycles. The summed E-state index contributed by atoms with van der Waals surface area (Å²) in [5.74, 6) is 2.85. The van der Waals surface area contributed by atoms with Crippen molar-refractivity contribution in [3.8, 4) is 23.0 Å². The van der Waals surface area contributed by atoms with E-state index in [1.807, 2.05) is 55.5 Å². The van der Waals surface area contributed by atoms with E-state index in [0.29, 0.717) is 29.7 Å². The minimum Gasteiger partial charge on any atom is -0.485 e. The van der Waals surface area contributed by atoms with Gasteiger partial charge in [-0.05, 0) is 31.2 Å². The molecule has 0 radical (unpaired) electrons. The van der Waals surface area contributed by atoms with Crippen molar-refractivity contribution in [3.05, 3.63) is 48.5 Å². The molecule has 0 spiro atoms. The van der Waals surface area contributed by atoms with Crippen LogP contribution < -0.4 is 24.4 Å². The van der Waals surface area contributed by atoms with Crippen molar-refractivity contribution < 1.29 is 18.9 Å². The lowest BCUT2D eigenvalue weighted by atomic mass is 10.2. The molecule has 1 N–H and O–H groups in total. The van der Waals surface area contributed by atoms with Gasteiger partial charge in [0.2, 0.25) is 0 Å². The van der Waals surface area contributed by atoms with E-state index in [2.05, 4.69) is 10.5 Å². The number of rotatable bonds is 3. The van der Waals surface area contributed by atoms with Crippen molar-refractivity contribution >= 4 is 22.9 Å². The molecule has 2 aliphatic rings. The summed E-state index contributed by atoms with van der Waals surface area (Å²) in [5.41, 5.74) is 3.62. The third kappa shape index (κ3) is 3.43. The molecular formula is C19H18N2O4S. The molecular weight excluding hydrogens is 352 g/mol. The van der Waals surface area contributed by atoms with Crippen LogP contribution in [0.1, 0.15) is 6.92 Å². The molecule has 2 heterocycles. The maximum Gasteiger partial charge on any atom is 0.184 e. The molecule has 2 aliphatic heterocycles. The van der Waals surface area contributed by atoms with Gasteiger partial charge < -0.3 is 18.9 Å². The average Bonchev–Trinajstić information content (AvgIpc) is 2.71. The minimum atomic E-state index is -0.388. The van der Waals surface area contributed by atoms with E-state index >= 15 is 0 Å². The van der Waals surface area contributed by atoms with Gasteiger partial charge >= 0.3 is 0 Å². The van der Waals surface area contributed by atoms with Crippen LogP contribution in [0.25, 0.3) is 0 Å². The number of hydrogen-bond acceptors (Lipinski definition) is 6. The predicted octanol–water partition coefficient (Wildman–Crippen LogP) is 2.96. The van der Waals surface area contributed by atoms with E-state index < -0.39 is 0 Å². The summed E-state index contributed by atoms with van der Waals surface area (Å²) in [6, 6.07) is 15.1. The van der Waals surface area contributed by atoms with Gasteiger partial charge in [-0.1, -0.05) is 36.5 Å². The number of nitrogens with one attached hydrogen (secondary N) is 1. The first-order valence-electron chi connectivity index (χ1n) is 8.32. The van der Waals surface area contributed by atoms with Crippen molar-refractivity contribution in [1.82, 2.24) is 5.43 Å². The standard InChI is InChI=1S/C19H18N2O4S/c1-12(17-10-22-13-6-2-4-8-15(13)24-17)20-21-19(26)18-11-23-14-7-3-5-9-16(14)25-18/h2-9,17-18H,10-11H2,1H3,(H,21,26)/b20-12-/t17-,18+/m0/s1. The number of hydrogen-bond donors (Lipinski definition) is 1. The monoisotopic (exact) mass is 370 g/mol. The number of ether oxygens (including phenoxy) is 4. The Morgan fingerprint density at radius 1 is 0.885 bits per heavy atom. The van der Waals surface area contributed by atoms with Crippen LogP contribution in [-0.2, 0) is 0 Å². The van der Waals surface area contributed by atoms with Gasteiger partial charge in [0.05, 0.1) is 5.71 Å². The average molecular weight is 370 g/mol. The SMILES string of the molecule is C/C(=N/NC(=S)[C@H]1COc2ccccc2O1)[C@@H]1COc2ccccc2O1. The van der Waals surface area contributed by atoms with Crippen LogP contribution in [0.3, 0.4) is 0 Å². The third-order valence-corrected chi connectivity index (χ3v) is 4.47. The second-order valence-electron chi connectivity index (χ2n) is 5.96. The van der Waals surface area contributed by atoms with E-state index in [-0.39, 0.29) is 12.2 Å². The fourth-order valence-corrected chi connectivity index (χ4v) is 2.82. The van der Waals surface area contributed by atoms with Gasteiger partial charge in [-0.2, -0.15) is 5.10 Å². The number of nitrogens with zero attached hydrogens (tertiary/aromatic N) is 1. The van der Waals surface area contributed by atoms with E-state index in [1.165, 1.54) is 0 Å². The summed E-state index contributed by atoms with van der Waals surface area (Å²) in [6.45, 7) is 2.61. The van der Waals surface area contributed by atoms with Crippen LogP contribution in [-0.4, -0.2) is 36.1 Å². The van der Waals surface area contributed by atoms with Crippen LogP contribution in [0.2, 0.25) is 0 Å². The Hall–Kier alpha value is -2.80. The predicted molar refractivity (Wildman–Crippen MR) is 102 cm³/mol. The molecule has 0 fully saturated rings. The fraction of sp³-hybridized carbons (Fsp3) is 0.263. The van der Waals surface area contributed by atoms with Gasteiger partial charge in [-0.25, -0.2) is 0 Å². The summed E-state index contributed by atoms with van der Waals surface area (Å²) < 4.78 is 23.2. The summed E-state index contributed by atoms with van der Waals surface area (Å²) >= 11 is 5.39. The van der Waals surface area contributed by atoms with Crippen LogP contribution >= 0.6 is 12.2 Å². The largest absolute Gasteiger partial charge is 0.485 e. The normalized spacial score (nSPS) is 21.0. The zero-order valence-electron chi connectivity index (χ0n) is 14.2. The quantitative estimate of drug-likeness (QED) is 0.509. The molecule has 7 heteroatoms. The van der Waals surface area contributed by atoms with Crippen molar-refractivity contribution in [2.75, 3.05) is 13.2 Å². The third-order valence-electron chi connectivity index (χ3n) is 4.12. The molecule has 0 saturated carbocycles. The van der Waals surface area contributed by atoms with Crippen LogP contribution in [0.4, 0.5) is 0 Å². The van der Waals surface area contributed by atoms with Gasteiger partial charge in [-0.3, -0.25) is 5.43 Å². The highest BCUT2D eigenvalue weighted by atomic mass is 32.1. The molecule has 0 saturated heterocycles. The van der Waals surface area contributed by atoms with Gasteiger partial charge in [0, 0.05) is 0 Å².